The first-order chi connectivity index (χ1) is 15.4. The zero-order valence-corrected chi connectivity index (χ0v) is 20.4. The number of nitrogens with one attached hydrogen (secondary N) is 1. The third-order valence-corrected chi connectivity index (χ3v) is 9.68. The maximum Gasteiger partial charge on any atom is 0.417 e. The number of amides is 1. The predicted octanol–water partition coefficient (Wildman–Crippen LogP) is 5.22. The minimum atomic E-state index is -4.76. The van der Waals surface area contributed by atoms with Crippen molar-refractivity contribution in [2.75, 3.05) is 13.1 Å². The Labute approximate surface area is 195 Å². The Hall–Kier alpha value is -1.61. The van der Waals surface area contributed by atoms with Crippen LogP contribution in [0.1, 0.15) is 71.3 Å². The fourth-order valence-electron chi connectivity index (χ4n) is 5.05. The second-order valence-corrected chi connectivity index (χ2v) is 12.0. The van der Waals surface area contributed by atoms with Gasteiger partial charge in [0.05, 0.1) is 10.5 Å². The maximum atomic E-state index is 13.3. The number of nitrogens with zero attached hydrogens (tertiary/aromatic N) is 1. The standard InChI is InChI=1S/C24H35F3N2O3S/c1-4-23(2,3)18-9-11-19(12-10-18)28-22(30)17-13-15-29(16-14-17)33(31,32)21-8-6-5-7-20(21)24(25,26)27/h5-8,17-19H,4,9-16H2,1-3H3,(H,28,30). The Balaban J connectivity index is 1.56. The van der Waals surface area contributed by atoms with Gasteiger partial charge >= 0.3 is 6.18 Å². The van der Waals surface area contributed by atoms with Crippen LogP contribution >= 0.6 is 0 Å². The van der Waals surface area contributed by atoms with E-state index in [0.717, 1.165) is 48.5 Å². The van der Waals surface area contributed by atoms with Crippen LogP contribution in [0.15, 0.2) is 29.2 Å². The zero-order chi connectivity index (χ0) is 24.4. The Kier molecular flexibility index (Phi) is 7.83. The van der Waals surface area contributed by atoms with Crippen molar-refractivity contribution in [1.29, 1.82) is 0 Å². The van der Waals surface area contributed by atoms with Crippen molar-refractivity contribution in [3.8, 4) is 0 Å². The molecule has 1 N–H and O–H groups in total. The van der Waals surface area contributed by atoms with E-state index in [1.165, 1.54) is 12.1 Å². The summed E-state index contributed by atoms with van der Waals surface area (Å²) in [4.78, 5) is 12.1. The monoisotopic (exact) mass is 488 g/mol. The van der Waals surface area contributed by atoms with Crippen molar-refractivity contribution in [3.05, 3.63) is 29.8 Å². The van der Waals surface area contributed by atoms with Gasteiger partial charge in [0, 0.05) is 25.0 Å². The normalized spacial score (nSPS) is 23.9. The average molecular weight is 489 g/mol. The number of hydrogen-bond donors (Lipinski definition) is 1. The first-order valence-corrected chi connectivity index (χ1v) is 13.3. The van der Waals surface area contributed by atoms with E-state index in [1.54, 1.807) is 0 Å². The molecule has 3 rings (SSSR count). The van der Waals surface area contributed by atoms with Crippen molar-refractivity contribution in [2.45, 2.75) is 82.8 Å². The van der Waals surface area contributed by atoms with Crippen LogP contribution in [-0.2, 0) is 21.0 Å². The van der Waals surface area contributed by atoms with Gasteiger partial charge in [0.25, 0.3) is 0 Å². The van der Waals surface area contributed by atoms with E-state index < -0.39 is 26.7 Å². The van der Waals surface area contributed by atoms with E-state index in [-0.39, 0.29) is 31.0 Å². The summed E-state index contributed by atoms with van der Waals surface area (Å²) in [7, 11) is -4.29. The molecule has 1 saturated heterocycles. The van der Waals surface area contributed by atoms with Crippen LogP contribution in [-0.4, -0.2) is 37.8 Å². The summed E-state index contributed by atoms with van der Waals surface area (Å²) in [6.07, 6.45) is 1.04. The Morgan fingerprint density at radius 1 is 1.03 bits per heavy atom. The Morgan fingerprint density at radius 3 is 2.15 bits per heavy atom. The second kappa shape index (κ2) is 9.94. The van der Waals surface area contributed by atoms with Crippen LogP contribution in [0.25, 0.3) is 0 Å². The summed E-state index contributed by atoms with van der Waals surface area (Å²) in [5, 5.41) is 3.14. The molecule has 9 heteroatoms. The molecule has 0 spiro atoms. The molecular formula is C24H35F3N2O3S. The highest BCUT2D eigenvalue weighted by Crippen LogP contribution is 2.40. The molecule has 33 heavy (non-hydrogen) atoms. The summed E-state index contributed by atoms with van der Waals surface area (Å²) in [6.45, 7) is 6.87. The predicted molar refractivity (Wildman–Crippen MR) is 121 cm³/mol. The molecule has 1 saturated carbocycles. The maximum absolute atomic E-state index is 13.3. The topological polar surface area (TPSA) is 66.5 Å². The molecular weight excluding hydrogens is 453 g/mol. The third kappa shape index (κ3) is 5.91. The lowest BCUT2D eigenvalue weighted by atomic mass is 9.69. The van der Waals surface area contributed by atoms with E-state index in [0.29, 0.717) is 24.2 Å². The molecule has 0 atom stereocenters. The number of piperidine rings is 1. The molecule has 0 aromatic heterocycles. The van der Waals surface area contributed by atoms with Gasteiger partial charge in [-0.2, -0.15) is 17.5 Å². The van der Waals surface area contributed by atoms with Gasteiger partial charge in [-0.1, -0.05) is 39.3 Å². The SMILES string of the molecule is CCC(C)(C)C1CCC(NC(=O)C2CCN(S(=O)(=O)c3ccccc3C(F)(F)F)CC2)CC1. The highest BCUT2D eigenvalue weighted by molar-refractivity contribution is 7.89. The molecule has 0 bridgehead atoms. The highest BCUT2D eigenvalue weighted by Gasteiger charge is 2.40. The van der Waals surface area contributed by atoms with Crippen molar-refractivity contribution >= 4 is 15.9 Å². The van der Waals surface area contributed by atoms with Gasteiger partial charge in [-0.05, 0) is 62.0 Å². The third-order valence-electron chi connectivity index (χ3n) is 7.72. The zero-order valence-electron chi connectivity index (χ0n) is 19.6. The molecule has 1 heterocycles. The van der Waals surface area contributed by atoms with Gasteiger partial charge in [0.15, 0.2) is 0 Å². The minimum Gasteiger partial charge on any atom is -0.353 e. The van der Waals surface area contributed by atoms with E-state index >= 15 is 0 Å². The molecule has 1 aromatic rings. The van der Waals surface area contributed by atoms with Crippen molar-refractivity contribution < 1.29 is 26.4 Å². The summed E-state index contributed by atoms with van der Waals surface area (Å²) < 4.78 is 66.8. The van der Waals surface area contributed by atoms with Gasteiger partial charge in [-0.15, -0.1) is 0 Å². The van der Waals surface area contributed by atoms with Crippen molar-refractivity contribution in [2.24, 2.45) is 17.3 Å². The molecule has 0 radical (unpaired) electrons. The van der Waals surface area contributed by atoms with E-state index in [9.17, 15) is 26.4 Å². The fourth-order valence-corrected chi connectivity index (χ4v) is 6.73. The highest BCUT2D eigenvalue weighted by atomic mass is 32.2. The first kappa shape index (κ1) is 26.0. The summed E-state index contributed by atoms with van der Waals surface area (Å²) >= 11 is 0. The molecule has 1 aromatic carbocycles. The van der Waals surface area contributed by atoms with Gasteiger partial charge in [0.1, 0.15) is 0 Å². The number of halogens is 3. The van der Waals surface area contributed by atoms with Crippen LogP contribution in [0.5, 0.6) is 0 Å². The minimum absolute atomic E-state index is 0.0318. The van der Waals surface area contributed by atoms with Crippen LogP contribution in [0.2, 0.25) is 0 Å². The number of carbonyl (C=O) groups is 1. The van der Waals surface area contributed by atoms with Gasteiger partial charge in [0.2, 0.25) is 15.9 Å². The molecule has 5 nitrogen and oxygen atoms in total. The molecule has 186 valence electrons. The molecule has 2 aliphatic rings. The second-order valence-electron chi connectivity index (χ2n) is 10.1. The van der Waals surface area contributed by atoms with Gasteiger partial charge in [-0.3, -0.25) is 4.79 Å². The van der Waals surface area contributed by atoms with Crippen molar-refractivity contribution in [1.82, 2.24) is 9.62 Å². The van der Waals surface area contributed by atoms with Crippen LogP contribution < -0.4 is 5.32 Å². The summed E-state index contributed by atoms with van der Waals surface area (Å²) in [6, 6.07) is 4.38. The largest absolute Gasteiger partial charge is 0.417 e. The van der Waals surface area contributed by atoms with Crippen LogP contribution in [0.4, 0.5) is 13.2 Å². The number of alkyl halides is 3. The van der Waals surface area contributed by atoms with Crippen LogP contribution in [0.3, 0.4) is 0 Å². The number of rotatable bonds is 6. The van der Waals surface area contributed by atoms with E-state index in [2.05, 4.69) is 26.1 Å². The van der Waals surface area contributed by atoms with Gasteiger partial charge < -0.3 is 5.32 Å². The number of sulfonamides is 1. The van der Waals surface area contributed by atoms with E-state index in [4.69, 9.17) is 0 Å². The van der Waals surface area contributed by atoms with E-state index in [1.807, 2.05) is 0 Å². The smallest absolute Gasteiger partial charge is 0.353 e. The summed E-state index contributed by atoms with van der Waals surface area (Å²) in [5.74, 6) is 0.267. The molecule has 1 amide bonds. The lowest BCUT2D eigenvalue weighted by Crippen LogP contribution is -2.46. The van der Waals surface area contributed by atoms with Gasteiger partial charge in [-0.25, -0.2) is 8.42 Å². The quantitative estimate of drug-likeness (QED) is 0.597. The Morgan fingerprint density at radius 2 is 1.61 bits per heavy atom. The molecule has 1 aliphatic heterocycles. The lowest BCUT2D eigenvalue weighted by Gasteiger charge is -2.39. The molecule has 2 fully saturated rings. The number of benzene rings is 1. The average Bonchev–Trinajstić information content (AvgIpc) is 2.79. The Bertz CT molecular complexity index is 931. The fraction of sp³-hybridized carbons (Fsp3) is 0.708. The first-order valence-electron chi connectivity index (χ1n) is 11.8. The lowest BCUT2D eigenvalue weighted by molar-refractivity contribution is -0.139. The molecule has 1 aliphatic carbocycles. The molecule has 0 unspecified atom stereocenters. The number of hydrogen-bond acceptors (Lipinski definition) is 3. The summed E-state index contributed by atoms with van der Waals surface area (Å²) in [5.41, 5.74) is -0.857. The number of carbonyl (C=O) groups excluding carboxylic acids is 1. The van der Waals surface area contributed by atoms with Crippen LogP contribution in [0, 0.1) is 17.3 Å². The van der Waals surface area contributed by atoms with Crippen molar-refractivity contribution in [3.63, 3.8) is 0 Å².